The fourth-order valence-electron chi connectivity index (χ4n) is 3.94. The molecule has 0 fully saturated rings. The van der Waals surface area contributed by atoms with Crippen LogP contribution in [-0.4, -0.2) is 25.8 Å². The van der Waals surface area contributed by atoms with E-state index in [9.17, 15) is 5.11 Å². The molecule has 1 aliphatic carbocycles. The molecule has 2 aliphatic rings. The number of nitrogens with one attached hydrogen (secondary N) is 1. The second kappa shape index (κ2) is 4.50. The van der Waals surface area contributed by atoms with Gasteiger partial charge in [0.15, 0.2) is 11.5 Å². The van der Waals surface area contributed by atoms with Crippen molar-refractivity contribution in [3.8, 4) is 22.6 Å². The van der Waals surface area contributed by atoms with E-state index in [1.807, 2.05) is 12.1 Å². The van der Waals surface area contributed by atoms with Gasteiger partial charge in [-0.2, -0.15) is 0 Å². The lowest BCUT2D eigenvalue weighted by Crippen LogP contribution is -3.10. The molecule has 0 saturated heterocycles. The zero-order valence-corrected chi connectivity index (χ0v) is 12.4. The van der Waals surface area contributed by atoms with Crippen LogP contribution in [0.3, 0.4) is 0 Å². The minimum absolute atomic E-state index is 0.295. The van der Waals surface area contributed by atoms with Crippen LogP contribution in [0.5, 0.6) is 11.5 Å². The summed E-state index contributed by atoms with van der Waals surface area (Å²) in [5.74, 6) is 0.891. The summed E-state index contributed by atoms with van der Waals surface area (Å²) in [6.07, 6.45) is 2.09. The highest BCUT2D eigenvalue weighted by molar-refractivity contribution is 5.82. The van der Waals surface area contributed by atoms with Crippen molar-refractivity contribution in [1.82, 2.24) is 0 Å². The van der Waals surface area contributed by atoms with Crippen molar-refractivity contribution < 1.29 is 14.7 Å². The highest BCUT2D eigenvalue weighted by Crippen LogP contribution is 2.48. The normalized spacial score (nSPS) is 22.4. The molecule has 21 heavy (non-hydrogen) atoms. The maximum Gasteiger partial charge on any atom is 0.166 e. The number of methoxy groups -OCH3 is 1. The Morgan fingerprint density at radius 1 is 1.24 bits per heavy atom. The molecular weight excluding hydrogens is 262 g/mol. The molecule has 1 unspecified atom stereocenters. The van der Waals surface area contributed by atoms with Crippen LogP contribution in [0.2, 0.25) is 0 Å². The lowest BCUT2D eigenvalue weighted by Gasteiger charge is -2.37. The number of benzene rings is 2. The third kappa shape index (κ3) is 1.70. The maximum atomic E-state index is 10.7. The number of ether oxygens (including phenoxy) is 1. The van der Waals surface area contributed by atoms with Gasteiger partial charge in [-0.1, -0.05) is 24.3 Å². The van der Waals surface area contributed by atoms with Crippen molar-refractivity contribution in [3.05, 3.63) is 47.0 Å². The van der Waals surface area contributed by atoms with Gasteiger partial charge in [0.1, 0.15) is 6.04 Å². The standard InChI is InChI=1S/C18H19NO2/c1-19-8-7-12-10-15(21-2)18(20)17-13-6-4-3-5-11(13)9-14(19)16(12)17/h3-6,10,14,20H,7-9H2,1-2H3/p+1/t14-/m1/s1. The molecule has 108 valence electrons. The first-order chi connectivity index (χ1) is 10.2. The van der Waals surface area contributed by atoms with Crippen LogP contribution in [0.4, 0.5) is 0 Å². The van der Waals surface area contributed by atoms with Gasteiger partial charge in [-0.25, -0.2) is 0 Å². The quantitative estimate of drug-likeness (QED) is 0.835. The summed E-state index contributed by atoms with van der Waals surface area (Å²) in [4.78, 5) is 1.53. The van der Waals surface area contributed by atoms with Gasteiger partial charge in [-0.05, 0) is 22.8 Å². The highest BCUT2D eigenvalue weighted by atomic mass is 16.5. The van der Waals surface area contributed by atoms with E-state index in [2.05, 4.69) is 25.2 Å². The molecule has 0 bridgehead atoms. The summed E-state index contributed by atoms with van der Waals surface area (Å²) in [6.45, 7) is 1.13. The van der Waals surface area contributed by atoms with Crippen molar-refractivity contribution >= 4 is 0 Å². The molecule has 2 atom stereocenters. The number of hydrogen-bond donors (Lipinski definition) is 2. The molecule has 3 nitrogen and oxygen atoms in total. The average molecular weight is 282 g/mol. The number of hydrogen-bond acceptors (Lipinski definition) is 2. The third-order valence-corrected chi connectivity index (χ3v) is 5.05. The van der Waals surface area contributed by atoms with Gasteiger partial charge in [0, 0.05) is 24.0 Å². The molecule has 3 heteroatoms. The molecule has 1 heterocycles. The molecule has 2 aromatic carbocycles. The minimum Gasteiger partial charge on any atom is -0.504 e. The Bertz CT molecular complexity index is 723. The SMILES string of the molecule is COc1cc2c3c(c1O)-c1ccccc1C[C@H]3[NH+](C)CC2. The van der Waals surface area contributed by atoms with E-state index < -0.39 is 0 Å². The van der Waals surface area contributed by atoms with Crippen LogP contribution in [0.15, 0.2) is 30.3 Å². The Morgan fingerprint density at radius 3 is 2.86 bits per heavy atom. The fraction of sp³-hybridized carbons (Fsp3) is 0.333. The molecule has 0 saturated carbocycles. The second-order valence-electron chi connectivity index (χ2n) is 6.14. The van der Waals surface area contributed by atoms with Crippen LogP contribution in [-0.2, 0) is 12.8 Å². The van der Waals surface area contributed by atoms with Gasteiger partial charge in [0.05, 0.1) is 20.7 Å². The van der Waals surface area contributed by atoms with Gasteiger partial charge in [0.2, 0.25) is 0 Å². The van der Waals surface area contributed by atoms with Crippen molar-refractivity contribution in [1.29, 1.82) is 0 Å². The monoisotopic (exact) mass is 282 g/mol. The number of likely N-dealkylation sites (N-methyl/N-ethyl adjacent to an activating group) is 1. The van der Waals surface area contributed by atoms with Crippen LogP contribution in [0.25, 0.3) is 11.1 Å². The predicted molar refractivity (Wildman–Crippen MR) is 82.0 cm³/mol. The molecule has 0 aromatic heterocycles. The topological polar surface area (TPSA) is 33.9 Å². The van der Waals surface area contributed by atoms with Crippen LogP contribution in [0, 0.1) is 0 Å². The van der Waals surface area contributed by atoms with E-state index in [-0.39, 0.29) is 0 Å². The molecule has 0 radical (unpaired) electrons. The summed E-state index contributed by atoms with van der Waals surface area (Å²) in [7, 11) is 3.88. The summed E-state index contributed by atoms with van der Waals surface area (Å²) in [6, 6.07) is 10.9. The summed E-state index contributed by atoms with van der Waals surface area (Å²) >= 11 is 0. The Kier molecular flexibility index (Phi) is 2.73. The molecular formula is C18H20NO2+. The fourth-order valence-corrected chi connectivity index (χ4v) is 3.94. The smallest absolute Gasteiger partial charge is 0.166 e. The molecule has 2 N–H and O–H groups in total. The van der Waals surface area contributed by atoms with Crippen LogP contribution < -0.4 is 9.64 Å². The van der Waals surface area contributed by atoms with Crippen molar-refractivity contribution in [3.63, 3.8) is 0 Å². The maximum absolute atomic E-state index is 10.7. The van der Waals surface area contributed by atoms with Crippen molar-refractivity contribution in [2.75, 3.05) is 20.7 Å². The Labute approximate surface area is 124 Å². The summed E-state index contributed by atoms with van der Waals surface area (Å²) in [5, 5.41) is 10.7. The Balaban J connectivity index is 2.08. The van der Waals surface area contributed by atoms with Gasteiger partial charge >= 0.3 is 0 Å². The van der Waals surface area contributed by atoms with Gasteiger partial charge in [-0.15, -0.1) is 0 Å². The van der Waals surface area contributed by atoms with E-state index in [0.717, 1.165) is 30.5 Å². The molecule has 0 amide bonds. The third-order valence-electron chi connectivity index (χ3n) is 5.05. The molecule has 1 aliphatic heterocycles. The van der Waals surface area contributed by atoms with Crippen LogP contribution in [0.1, 0.15) is 22.7 Å². The number of quaternary nitrogens is 1. The van der Waals surface area contributed by atoms with Crippen molar-refractivity contribution in [2.45, 2.75) is 18.9 Å². The van der Waals surface area contributed by atoms with Gasteiger partial charge in [0.25, 0.3) is 0 Å². The van der Waals surface area contributed by atoms with Crippen molar-refractivity contribution in [2.24, 2.45) is 0 Å². The van der Waals surface area contributed by atoms with E-state index in [1.165, 1.54) is 21.6 Å². The minimum atomic E-state index is 0.295. The number of fused-ring (bicyclic) bond motifs is 2. The predicted octanol–water partition coefficient (Wildman–Crippen LogP) is 1.74. The van der Waals surface area contributed by atoms with Gasteiger partial charge < -0.3 is 14.7 Å². The van der Waals surface area contributed by atoms with E-state index in [1.54, 1.807) is 7.11 Å². The first kappa shape index (κ1) is 12.7. The second-order valence-corrected chi connectivity index (χ2v) is 6.14. The average Bonchev–Trinajstić information content (AvgIpc) is 2.52. The van der Waals surface area contributed by atoms with E-state index >= 15 is 0 Å². The first-order valence-electron chi connectivity index (χ1n) is 7.54. The number of rotatable bonds is 1. The molecule has 4 rings (SSSR count). The number of phenols is 1. The number of aromatic hydroxyl groups is 1. The first-order valence-corrected chi connectivity index (χ1v) is 7.54. The lowest BCUT2D eigenvalue weighted by molar-refractivity contribution is -0.914. The lowest BCUT2D eigenvalue weighted by atomic mass is 9.76. The summed E-state index contributed by atoms with van der Waals surface area (Å²) < 4.78 is 5.40. The highest BCUT2D eigenvalue weighted by Gasteiger charge is 2.38. The van der Waals surface area contributed by atoms with E-state index in [4.69, 9.17) is 4.74 Å². The Hall–Kier alpha value is -2.00. The largest absolute Gasteiger partial charge is 0.504 e. The Morgan fingerprint density at radius 2 is 2.05 bits per heavy atom. The van der Waals surface area contributed by atoms with Crippen LogP contribution >= 0.6 is 0 Å². The number of phenolic OH excluding ortho intramolecular Hbond substituents is 1. The van der Waals surface area contributed by atoms with Gasteiger partial charge in [-0.3, -0.25) is 0 Å². The zero-order chi connectivity index (χ0) is 14.6. The molecule has 0 spiro atoms. The molecule has 2 aromatic rings. The van der Waals surface area contributed by atoms with E-state index in [0.29, 0.717) is 17.5 Å². The summed E-state index contributed by atoms with van der Waals surface area (Å²) in [5.41, 5.74) is 6.15. The zero-order valence-electron chi connectivity index (χ0n) is 12.4.